The maximum Gasteiger partial charge on any atom is 0.244 e. The van der Waals surface area contributed by atoms with Crippen molar-refractivity contribution in [2.24, 2.45) is 0 Å². The molecule has 0 aliphatic rings. The third-order valence-electron chi connectivity index (χ3n) is 1.56. The van der Waals surface area contributed by atoms with Crippen LogP contribution in [0.25, 0.3) is 0 Å². The summed E-state index contributed by atoms with van der Waals surface area (Å²) in [7, 11) is 0. The molecule has 5 nitrogen and oxygen atoms in total. The van der Waals surface area contributed by atoms with Crippen molar-refractivity contribution in [1.29, 1.82) is 0 Å². The molecule has 78 valence electrons. The smallest absolute Gasteiger partial charge is 0.244 e. The highest BCUT2D eigenvalue weighted by Crippen LogP contribution is 1.93. The van der Waals surface area contributed by atoms with Crippen molar-refractivity contribution in [1.82, 2.24) is 10.3 Å². The van der Waals surface area contributed by atoms with Crippen molar-refractivity contribution >= 4 is 11.9 Å². The van der Waals surface area contributed by atoms with Gasteiger partial charge in [0.05, 0.1) is 5.97 Å². The van der Waals surface area contributed by atoms with Crippen LogP contribution in [0.2, 0.25) is 0 Å². The molecule has 0 saturated carbocycles. The molecule has 1 heterocycles. The highest BCUT2D eigenvalue weighted by Gasteiger charge is 1.95. The number of hydrogen-bond donors (Lipinski definition) is 1. The first-order valence-corrected chi connectivity index (χ1v) is 4.24. The minimum atomic E-state index is -1.40. The van der Waals surface area contributed by atoms with Gasteiger partial charge < -0.3 is 15.2 Å². The van der Waals surface area contributed by atoms with Crippen molar-refractivity contribution < 1.29 is 14.7 Å². The molecule has 0 atom stereocenters. The molecular weight excluding hydrogens is 196 g/mol. The molecule has 0 unspecified atom stereocenters. The quantitative estimate of drug-likeness (QED) is 0.639. The second-order valence-corrected chi connectivity index (χ2v) is 2.73. The summed E-state index contributed by atoms with van der Waals surface area (Å²) in [6.45, 7) is 0.310. The summed E-state index contributed by atoms with van der Waals surface area (Å²) in [5.41, 5.74) is 0.840. The van der Waals surface area contributed by atoms with Crippen molar-refractivity contribution in [3.63, 3.8) is 0 Å². The lowest BCUT2D eigenvalue weighted by Gasteiger charge is -2.01. The van der Waals surface area contributed by atoms with Crippen molar-refractivity contribution in [2.45, 2.75) is 6.54 Å². The maximum absolute atomic E-state index is 11.0. The van der Waals surface area contributed by atoms with Gasteiger partial charge in [0.1, 0.15) is 0 Å². The molecule has 0 aromatic carbocycles. The van der Waals surface area contributed by atoms with Crippen LogP contribution in [0.15, 0.2) is 36.7 Å². The van der Waals surface area contributed by atoms with Crippen LogP contribution in [0.3, 0.4) is 0 Å². The van der Waals surface area contributed by atoms with E-state index in [-0.39, 0.29) is 0 Å². The van der Waals surface area contributed by atoms with E-state index in [9.17, 15) is 14.7 Å². The van der Waals surface area contributed by atoms with Gasteiger partial charge in [-0.25, -0.2) is 0 Å². The number of nitrogens with zero attached hydrogens (tertiary/aromatic N) is 1. The molecule has 1 rings (SSSR count). The molecule has 0 radical (unpaired) electrons. The first-order chi connectivity index (χ1) is 7.18. The van der Waals surface area contributed by atoms with Gasteiger partial charge in [-0.15, -0.1) is 0 Å². The number of aliphatic carboxylic acids is 1. The lowest BCUT2D eigenvalue weighted by Crippen LogP contribution is -2.23. The van der Waals surface area contributed by atoms with Crippen LogP contribution < -0.4 is 10.4 Å². The third kappa shape index (κ3) is 4.56. The number of carbonyl (C=O) groups excluding carboxylic acids is 2. The second kappa shape index (κ2) is 5.54. The summed E-state index contributed by atoms with van der Waals surface area (Å²) >= 11 is 0. The monoisotopic (exact) mass is 205 g/mol. The summed E-state index contributed by atoms with van der Waals surface area (Å²) in [6, 6.07) is 3.55. The van der Waals surface area contributed by atoms with E-state index >= 15 is 0 Å². The minimum Gasteiger partial charge on any atom is -0.545 e. The maximum atomic E-state index is 11.0. The molecule has 5 heteroatoms. The van der Waals surface area contributed by atoms with Gasteiger partial charge in [-0.05, 0) is 17.7 Å². The topological polar surface area (TPSA) is 82.1 Å². The van der Waals surface area contributed by atoms with Crippen LogP contribution in [0.4, 0.5) is 0 Å². The largest absolute Gasteiger partial charge is 0.545 e. The number of carboxylic acids is 1. The zero-order valence-electron chi connectivity index (χ0n) is 7.84. The van der Waals surface area contributed by atoms with Crippen molar-refractivity contribution in [3.05, 3.63) is 42.2 Å². The Morgan fingerprint density at radius 2 is 2.27 bits per heavy atom. The zero-order chi connectivity index (χ0) is 11.1. The second-order valence-electron chi connectivity index (χ2n) is 2.73. The van der Waals surface area contributed by atoms with Crippen molar-refractivity contribution in [2.75, 3.05) is 0 Å². The fourth-order valence-corrected chi connectivity index (χ4v) is 0.895. The number of carbonyl (C=O) groups is 2. The molecular formula is C10H9N2O3-. The average molecular weight is 205 g/mol. The first kappa shape index (κ1) is 10.9. The predicted octanol–water partition coefficient (Wildman–Crippen LogP) is -0.996. The Morgan fingerprint density at radius 1 is 1.47 bits per heavy atom. The molecule has 1 aromatic rings. The van der Waals surface area contributed by atoms with Crippen LogP contribution in [0, 0.1) is 0 Å². The lowest BCUT2D eigenvalue weighted by molar-refractivity contribution is -0.297. The van der Waals surface area contributed by atoms with Gasteiger partial charge in [-0.3, -0.25) is 9.78 Å². The van der Waals surface area contributed by atoms with E-state index in [4.69, 9.17) is 0 Å². The Bertz CT molecular complexity index is 374. The number of carboxylic acid groups (broad SMARTS) is 1. The molecule has 0 bridgehead atoms. The summed E-state index contributed by atoms with van der Waals surface area (Å²) < 4.78 is 0. The minimum absolute atomic E-state index is 0.310. The Kier molecular flexibility index (Phi) is 4.03. The highest BCUT2D eigenvalue weighted by molar-refractivity contribution is 5.93. The molecule has 1 N–H and O–H groups in total. The van der Waals surface area contributed by atoms with Crippen LogP contribution in [-0.2, 0) is 16.1 Å². The Balaban J connectivity index is 2.38. The molecule has 0 spiro atoms. The van der Waals surface area contributed by atoms with Gasteiger partial charge in [0.25, 0.3) is 0 Å². The average Bonchev–Trinajstić information content (AvgIpc) is 2.25. The summed E-state index contributed by atoms with van der Waals surface area (Å²) in [4.78, 5) is 24.9. The van der Waals surface area contributed by atoms with Crippen LogP contribution in [0.5, 0.6) is 0 Å². The summed E-state index contributed by atoms with van der Waals surface area (Å²) in [6.07, 6.45) is 4.83. The van der Waals surface area contributed by atoms with E-state index < -0.39 is 11.9 Å². The predicted molar refractivity (Wildman–Crippen MR) is 50.2 cm³/mol. The molecule has 0 aliphatic carbocycles. The molecule has 0 fully saturated rings. The Labute approximate surface area is 86.5 Å². The molecule has 15 heavy (non-hydrogen) atoms. The van der Waals surface area contributed by atoms with Gasteiger partial charge in [0, 0.05) is 25.0 Å². The van der Waals surface area contributed by atoms with Gasteiger partial charge in [0.2, 0.25) is 5.91 Å². The molecule has 1 aromatic heterocycles. The van der Waals surface area contributed by atoms with E-state index in [1.54, 1.807) is 24.5 Å². The van der Waals surface area contributed by atoms with E-state index in [1.165, 1.54) is 0 Å². The fraction of sp³-hybridized carbons (Fsp3) is 0.100. The zero-order valence-corrected chi connectivity index (χ0v) is 7.84. The Hall–Kier alpha value is -2.17. The summed E-state index contributed by atoms with van der Waals surface area (Å²) in [5.74, 6) is -1.88. The molecule has 0 aliphatic heterocycles. The number of rotatable bonds is 4. The number of nitrogens with one attached hydrogen (secondary N) is 1. The van der Waals surface area contributed by atoms with Gasteiger partial charge in [0.15, 0.2) is 0 Å². The third-order valence-corrected chi connectivity index (χ3v) is 1.56. The summed E-state index contributed by atoms with van der Waals surface area (Å²) in [5, 5.41) is 12.5. The number of amides is 1. The van der Waals surface area contributed by atoms with E-state index in [0.29, 0.717) is 12.6 Å². The molecule has 1 amide bonds. The number of aromatic nitrogens is 1. The first-order valence-electron chi connectivity index (χ1n) is 4.24. The van der Waals surface area contributed by atoms with Gasteiger partial charge in [-0.2, -0.15) is 0 Å². The number of pyridine rings is 1. The normalized spacial score (nSPS) is 10.1. The van der Waals surface area contributed by atoms with Gasteiger partial charge >= 0.3 is 0 Å². The molecule has 0 saturated heterocycles. The van der Waals surface area contributed by atoms with E-state index in [2.05, 4.69) is 10.3 Å². The standard InChI is InChI=1S/C10H10N2O3/c13-9(3-4-10(14)15)12-7-8-2-1-5-11-6-8/h1-6H,7H2,(H,12,13)(H,14,15)/p-1/b4-3+. The number of hydrogen-bond acceptors (Lipinski definition) is 4. The van der Waals surface area contributed by atoms with Crippen LogP contribution >= 0.6 is 0 Å². The van der Waals surface area contributed by atoms with Gasteiger partial charge in [-0.1, -0.05) is 6.07 Å². The van der Waals surface area contributed by atoms with Crippen LogP contribution in [0.1, 0.15) is 5.56 Å². The lowest BCUT2D eigenvalue weighted by atomic mass is 10.3. The van der Waals surface area contributed by atoms with Crippen LogP contribution in [-0.4, -0.2) is 16.9 Å². The fourth-order valence-electron chi connectivity index (χ4n) is 0.895. The SMILES string of the molecule is O=C([O-])/C=C/C(=O)NCc1cccnc1. The van der Waals surface area contributed by atoms with E-state index in [1.807, 2.05) is 0 Å². The van der Waals surface area contributed by atoms with E-state index in [0.717, 1.165) is 11.6 Å². The Morgan fingerprint density at radius 3 is 2.87 bits per heavy atom. The van der Waals surface area contributed by atoms with Crippen molar-refractivity contribution in [3.8, 4) is 0 Å². The highest BCUT2D eigenvalue weighted by atomic mass is 16.4.